The third-order valence-corrected chi connectivity index (χ3v) is 3.48. The van der Waals surface area contributed by atoms with Gasteiger partial charge in [-0.15, -0.1) is 0 Å². The lowest BCUT2D eigenvalue weighted by atomic mass is 10.0. The molecule has 4 N–H and O–H groups in total. The Morgan fingerprint density at radius 2 is 2.28 bits per heavy atom. The summed E-state index contributed by atoms with van der Waals surface area (Å²) < 4.78 is 0. The van der Waals surface area contributed by atoms with Crippen LogP contribution in [0.5, 0.6) is 5.75 Å². The number of carboxylic acid groups (broad SMARTS) is 1. The van der Waals surface area contributed by atoms with Crippen molar-refractivity contribution in [3.63, 3.8) is 0 Å². The standard InChI is InChI=1S/C12H15ClN2O3/c13-9-1-2-10(16)8(5-9)6-15-4-3-12(14,7-15)11(17)18/h1-2,5,16H,3-4,6-7,14H2,(H,17,18). The topological polar surface area (TPSA) is 86.8 Å². The van der Waals surface area contributed by atoms with Crippen LogP contribution in [0.4, 0.5) is 0 Å². The number of aromatic hydroxyl groups is 1. The summed E-state index contributed by atoms with van der Waals surface area (Å²) in [5.74, 6) is -0.829. The van der Waals surface area contributed by atoms with E-state index in [1.165, 1.54) is 6.07 Å². The summed E-state index contributed by atoms with van der Waals surface area (Å²) in [4.78, 5) is 12.9. The molecule has 1 atom stereocenters. The second-order valence-corrected chi connectivity index (χ2v) is 5.13. The SMILES string of the molecule is NC1(C(=O)O)CCN(Cc2cc(Cl)ccc2O)C1. The average Bonchev–Trinajstić information content (AvgIpc) is 2.67. The van der Waals surface area contributed by atoms with E-state index in [9.17, 15) is 9.90 Å². The molecule has 1 aromatic rings. The van der Waals surface area contributed by atoms with Crippen molar-refractivity contribution in [3.8, 4) is 5.75 Å². The van der Waals surface area contributed by atoms with Crippen LogP contribution in [-0.4, -0.2) is 39.7 Å². The van der Waals surface area contributed by atoms with Gasteiger partial charge in [0.05, 0.1) is 0 Å². The van der Waals surface area contributed by atoms with Crippen molar-refractivity contribution in [3.05, 3.63) is 28.8 Å². The summed E-state index contributed by atoms with van der Waals surface area (Å²) >= 11 is 5.86. The molecule has 0 aromatic heterocycles. The molecule has 98 valence electrons. The van der Waals surface area contributed by atoms with Crippen molar-refractivity contribution in [2.24, 2.45) is 5.73 Å². The molecule has 0 radical (unpaired) electrons. The van der Waals surface area contributed by atoms with E-state index in [1.54, 1.807) is 12.1 Å². The van der Waals surface area contributed by atoms with Gasteiger partial charge in [0.2, 0.25) is 0 Å². The van der Waals surface area contributed by atoms with Gasteiger partial charge in [0.1, 0.15) is 11.3 Å². The second kappa shape index (κ2) is 4.76. The monoisotopic (exact) mass is 270 g/mol. The molecule has 0 amide bonds. The normalized spacial score (nSPS) is 24.3. The highest BCUT2D eigenvalue weighted by molar-refractivity contribution is 6.30. The van der Waals surface area contributed by atoms with E-state index in [1.807, 2.05) is 4.90 Å². The van der Waals surface area contributed by atoms with Gasteiger partial charge < -0.3 is 15.9 Å². The Balaban J connectivity index is 2.08. The van der Waals surface area contributed by atoms with Crippen LogP contribution in [0.25, 0.3) is 0 Å². The molecule has 1 fully saturated rings. The first-order valence-corrected chi connectivity index (χ1v) is 6.00. The molecule has 5 nitrogen and oxygen atoms in total. The molecule has 2 rings (SSSR count). The third kappa shape index (κ3) is 2.58. The summed E-state index contributed by atoms with van der Waals surface area (Å²) in [5, 5.41) is 19.3. The number of nitrogens with two attached hydrogens (primary N) is 1. The van der Waals surface area contributed by atoms with Gasteiger partial charge in [-0.1, -0.05) is 11.6 Å². The molecule has 0 spiro atoms. The highest BCUT2D eigenvalue weighted by Gasteiger charge is 2.41. The Labute approximate surface area is 110 Å². The molecule has 0 aliphatic carbocycles. The van der Waals surface area contributed by atoms with Crippen LogP contribution in [0, 0.1) is 0 Å². The van der Waals surface area contributed by atoms with Gasteiger partial charge in [-0.3, -0.25) is 9.69 Å². The molecule has 18 heavy (non-hydrogen) atoms. The zero-order chi connectivity index (χ0) is 13.3. The lowest BCUT2D eigenvalue weighted by molar-refractivity contribution is -0.142. The second-order valence-electron chi connectivity index (χ2n) is 4.69. The predicted molar refractivity (Wildman–Crippen MR) is 67.6 cm³/mol. The molecule has 1 saturated heterocycles. The number of phenolic OH excluding ortho intramolecular Hbond substituents is 1. The molecule has 1 aliphatic rings. The first-order valence-electron chi connectivity index (χ1n) is 5.63. The van der Waals surface area contributed by atoms with Gasteiger partial charge in [-0.25, -0.2) is 0 Å². The zero-order valence-corrected chi connectivity index (χ0v) is 10.5. The Bertz CT molecular complexity index is 480. The van der Waals surface area contributed by atoms with Crippen LogP contribution in [-0.2, 0) is 11.3 Å². The van der Waals surface area contributed by atoms with Gasteiger partial charge in [0.15, 0.2) is 0 Å². The number of rotatable bonds is 3. The minimum absolute atomic E-state index is 0.157. The molecule has 0 bridgehead atoms. The van der Waals surface area contributed by atoms with Crippen molar-refractivity contribution in [2.45, 2.75) is 18.5 Å². The number of halogens is 1. The minimum Gasteiger partial charge on any atom is -0.508 e. The van der Waals surface area contributed by atoms with E-state index in [0.717, 1.165) is 0 Å². The van der Waals surface area contributed by atoms with E-state index in [2.05, 4.69) is 0 Å². The molecule has 1 aromatic carbocycles. The number of carboxylic acids is 1. The lowest BCUT2D eigenvalue weighted by Gasteiger charge is -2.20. The molecule has 0 saturated carbocycles. The quantitative estimate of drug-likeness (QED) is 0.764. The Hall–Kier alpha value is -1.30. The fraction of sp³-hybridized carbons (Fsp3) is 0.417. The van der Waals surface area contributed by atoms with Crippen LogP contribution < -0.4 is 5.73 Å². The number of carbonyl (C=O) groups is 1. The number of aliphatic carboxylic acids is 1. The van der Waals surface area contributed by atoms with E-state index >= 15 is 0 Å². The van der Waals surface area contributed by atoms with E-state index in [4.69, 9.17) is 22.4 Å². The summed E-state index contributed by atoms with van der Waals surface area (Å²) in [6.45, 7) is 1.31. The molecule has 1 heterocycles. The van der Waals surface area contributed by atoms with Crippen LogP contribution in [0.15, 0.2) is 18.2 Å². The minimum atomic E-state index is -1.19. The Morgan fingerprint density at radius 1 is 1.56 bits per heavy atom. The van der Waals surface area contributed by atoms with E-state index in [0.29, 0.717) is 30.1 Å². The van der Waals surface area contributed by atoms with Crippen LogP contribution in [0.3, 0.4) is 0 Å². The molecule has 6 heteroatoms. The van der Waals surface area contributed by atoms with Crippen molar-refractivity contribution >= 4 is 17.6 Å². The number of likely N-dealkylation sites (tertiary alicyclic amines) is 1. The molecule has 1 aliphatic heterocycles. The summed E-state index contributed by atoms with van der Waals surface area (Å²) in [6.07, 6.45) is 0.406. The van der Waals surface area contributed by atoms with Gasteiger partial charge in [0.25, 0.3) is 0 Å². The maximum atomic E-state index is 11.0. The summed E-state index contributed by atoms with van der Waals surface area (Å²) in [6, 6.07) is 4.81. The molecular weight excluding hydrogens is 256 g/mol. The maximum absolute atomic E-state index is 11.0. The number of benzene rings is 1. The Kier molecular flexibility index (Phi) is 3.47. The van der Waals surface area contributed by atoms with E-state index < -0.39 is 11.5 Å². The summed E-state index contributed by atoms with van der Waals surface area (Å²) in [7, 11) is 0. The van der Waals surface area contributed by atoms with Gasteiger partial charge in [0, 0.05) is 30.2 Å². The van der Waals surface area contributed by atoms with Crippen molar-refractivity contribution < 1.29 is 15.0 Å². The summed E-state index contributed by atoms with van der Waals surface area (Å²) in [5.41, 5.74) is 5.28. The molecular formula is C12H15ClN2O3. The van der Waals surface area contributed by atoms with Crippen LogP contribution in [0.1, 0.15) is 12.0 Å². The number of nitrogens with zero attached hydrogens (tertiary/aromatic N) is 1. The lowest BCUT2D eigenvalue weighted by Crippen LogP contribution is -2.50. The fourth-order valence-corrected chi connectivity index (χ4v) is 2.34. The van der Waals surface area contributed by atoms with Crippen LogP contribution >= 0.6 is 11.6 Å². The largest absolute Gasteiger partial charge is 0.508 e. The van der Waals surface area contributed by atoms with Gasteiger partial charge >= 0.3 is 5.97 Å². The van der Waals surface area contributed by atoms with E-state index in [-0.39, 0.29) is 12.3 Å². The van der Waals surface area contributed by atoms with Gasteiger partial charge in [-0.05, 0) is 24.6 Å². The van der Waals surface area contributed by atoms with Crippen molar-refractivity contribution in [2.75, 3.05) is 13.1 Å². The predicted octanol–water partition coefficient (Wildman–Crippen LogP) is 1.03. The maximum Gasteiger partial charge on any atom is 0.325 e. The average molecular weight is 271 g/mol. The highest BCUT2D eigenvalue weighted by Crippen LogP contribution is 2.26. The smallest absolute Gasteiger partial charge is 0.325 e. The number of hydrogen-bond acceptors (Lipinski definition) is 4. The zero-order valence-electron chi connectivity index (χ0n) is 9.77. The molecule has 1 unspecified atom stereocenters. The van der Waals surface area contributed by atoms with Crippen molar-refractivity contribution in [1.82, 2.24) is 4.90 Å². The number of hydrogen-bond donors (Lipinski definition) is 3. The Morgan fingerprint density at radius 3 is 2.89 bits per heavy atom. The van der Waals surface area contributed by atoms with Crippen molar-refractivity contribution in [1.29, 1.82) is 0 Å². The highest BCUT2D eigenvalue weighted by atomic mass is 35.5. The van der Waals surface area contributed by atoms with Crippen LogP contribution in [0.2, 0.25) is 5.02 Å². The van der Waals surface area contributed by atoms with Gasteiger partial charge in [-0.2, -0.15) is 0 Å². The fourth-order valence-electron chi connectivity index (χ4n) is 2.15. The third-order valence-electron chi connectivity index (χ3n) is 3.24. The first-order chi connectivity index (χ1) is 8.40. The number of phenols is 1. The first kappa shape index (κ1) is 13.1.